The molecular formula is C16H24N2O. The van der Waals surface area contributed by atoms with Gasteiger partial charge in [0.1, 0.15) is 5.75 Å². The molecule has 1 fully saturated rings. The lowest BCUT2D eigenvalue weighted by Crippen LogP contribution is -2.28. The van der Waals surface area contributed by atoms with Gasteiger partial charge in [-0.2, -0.15) is 0 Å². The molecule has 3 rings (SSSR count). The first-order valence-corrected chi connectivity index (χ1v) is 7.28. The summed E-state index contributed by atoms with van der Waals surface area (Å²) < 4.78 is 5.39. The minimum Gasteiger partial charge on any atom is -0.497 e. The highest BCUT2D eigenvalue weighted by atomic mass is 16.5. The number of nitrogens with zero attached hydrogens (tertiary/aromatic N) is 2. The molecule has 3 nitrogen and oxygen atoms in total. The first-order valence-electron chi connectivity index (χ1n) is 7.28. The standard InChI is InChI=1S/C16H24N2O/c1-17-8-4-5-13(17)9-12-11-18(2)16-7-6-14(19-3)10-15(12)16/h6-7,10,12-13H,4-5,8-9,11H2,1-3H3/t12-,13-/m1/s1. The van der Waals surface area contributed by atoms with E-state index < -0.39 is 0 Å². The third kappa shape index (κ3) is 2.32. The largest absolute Gasteiger partial charge is 0.497 e. The van der Waals surface area contributed by atoms with E-state index in [4.69, 9.17) is 4.74 Å². The van der Waals surface area contributed by atoms with Gasteiger partial charge in [0.05, 0.1) is 7.11 Å². The van der Waals surface area contributed by atoms with Crippen molar-refractivity contribution in [2.45, 2.75) is 31.2 Å². The number of likely N-dealkylation sites (N-methyl/N-ethyl adjacent to an activating group) is 1. The molecule has 3 heteroatoms. The zero-order chi connectivity index (χ0) is 13.4. The van der Waals surface area contributed by atoms with E-state index in [0.717, 1.165) is 18.3 Å². The summed E-state index contributed by atoms with van der Waals surface area (Å²) in [6.07, 6.45) is 3.99. The molecule has 2 aliphatic rings. The number of hydrogen-bond donors (Lipinski definition) is 0. The van der Waals surface area contributed by atoms with E-state index >= 15 is 0 Å². The van der Waals surface area contributed by atoms with Crippen LogP contribution in [0.4, 0.5) is 5.69 Å². The number of benzene rings is 1. The summed E-state index contributed by atoms with van der Waals surface area (Å²) in [5.74, 6) is 1.64. The number of fused-ring (bicyclic) bond motifs is 1. The highest BCUT2D eigenvalue weighted by Gasteiger charge is 2.31. The van der Waals surface area contributed by atoms with Crippen LogP contribution in [0.2, 0.25) is 0 Å². The lowest BCUT2D eigenvalue weighted by Gasteiger charge is -2.23. The van der Waals surface area contributed by atoms with Crippen LogP contribution in [0.1, 0.15) is 30.7 Å². The van der Waals surface area contributed by atoms with Crippen molar-refractivity contribution in [3.8, 4) is 5.75 Å². The van der Waals surface area contributed by atoms with Gasteiger partial charge in [0.15, 0.2) is 0 Å². The Balaban J connectivity index is 1.81. The number of methoxy groups -OCH3 is 1. The molecule has 2 aliphatic heterocycles. The fourth-order valence-electron chi connectivity index (χ4n) is 3.67. The summed E-state index contributed by atoms with van der Waals surface area (Å²) in [6.45, 7) is 2.41. The third-order valence-corrected chi connectivity index (χ3v) is 4.81. The zero-order valence-electron chi connectivity index (χ0n) is 12.2. The molecule has 0 unspecified atom stereocenters. The Morgan fingerprint density at radius 2 is 2.16 bits per heavy atom. The average molecular weight is 260 g/mol. The summed E-state index contributed by atoms with van der Waals surface area (Å²) >= 11 is 0. The predicted molar refractivity (Wildman–Crippen MR) is 79.3 cm³/mol. The molecule has 2 heterocycles. The van der Waals surface area contributed by atoms with Crippen LogP contribution in [-0.2, 0) is 0 Å². The Morgan fingerprint density at radius 3 is 2.84 bits per heavy atom. The van der Waals surface area contributed by atoms with Crippen molar-refractivity contribution in [2.75, 3.05) is 39.2 Å². The van der Waals surface area contributed by atoms with E-state index in [-0.39, 0.29) is 0 Å². The molecule has 2 atom stereocenters. The molecule has 0 radical (unpaired) electrons. The van der Waals surface area contributed by atoms with Gasteiger partial charge >= 0.3 is 0 Å². The van der Waals surface area contributed by atoms with Crippen molar-refractivity contribution in [2.24, 2.45) is 0 Å². The number of hydrogen-bond acceptors (Lipinski definition) is 3. The van der Waals surface area contributed by atoms with Crippen LogP contribution in [0.15, 0.2) is 18.2 Å². The van der Waals surface area contributed by atoms with Crippen molar-refractivity contribution < 1.29 is 4.74 Å². The molecule has 0 aromatic heterocycles. The summed E-state index contributed by atoms with van der Waals surface area (Å²) in [4.78, 5) is 4.91. The van der Waals surface area contributed by atoms with Crippen molar-refractivity contribution in [3.63, 3.8) is 0 Å². The van der Waals surface area contributed by atoms with E-state index in [9.17, 15) is 0 Å². The molecule has 19 heavy (non-hydrogen) atoms. The van der Waals surface area contributed by atoms with Gasteiger partial charge < -0.3 is 14.5 Å². The average Bonchev–Trinajstić information content (AvgIpc) is 2.95. The van der Waals surface area contributed by atoms with Crippen LogP contribution in [0.3, 0.4) is 0 Å². The molecule has 0 spiro atoms. The first kappa shape index (κ1) is 12.8. The van der Waals surface area contributed by atoms with Crippen molar-refractivity contribution in [3.05, 3.63) is 23.8 Å². The maximum atomic E-state index is 5.39. The zero-order valence-corrected chi connectivity index (χ0v) is 12.2. The molecule has 0 amide bonds. The Bertz CT molecular complexity index is 460. The van der Waals surface area contributed by atoms with E-state index in [1.54, 1.807) is 7.11 Å². The summed E-state index contributed by atoms with van der Waals surface area (Å²) in [7, 11) is 6.21. The van der Waals surface area contributed by atoms with E-state index in [2.05, 4.69) is 42.1 Å². The van der Waals surface area contributed by atoms with Gasteiger partial charge in [-0.05, 0) is 56.6 Å². The van der Waals surface area contributed by atoms with E-state index in [0.29, 0.717) is 5.92 Å². The van der Waals surface area contributed by atoms with Gasteiger partial charge in [0.2, 0.25) is 0 Å². The van der Waals surface area contributed by atoms with E-state index in [1.165, 1.54) is 37.1 Å². The molecule has 0 N–H and O–H groups in total. The quantitative estimate of drug-likeness (QED) is 0.831. The van der Waals surface area contributed by atoms with Crippen LogP contribution in [0.5, 0.6) is 5.75 Å². The number of ether oxygens (including phenoxy) is 1. The minimum atomic E-state index is 0.653. The van der Waals surface area contributed by atoms with Crippen molar-refractivity contribution >= 4 is 5.69 Å². The number of anilines is 1. The van der Waals surface area contributed by atoms with Crippen LogP contribution >= 0.6 is 0 Å². The fraction of sp³-hybridized carbons (Fsp3) is 0.625. The molecule has 0 aliphatic carbocycles. The van der Waals surface area contributed by atoms with Gasteiger partial charge in [0.25, 0.3) is 0 Å². The predicted octanol–water partition coefficient (Wildman–Crippen LogP) is 2.71. The second kappa shape index (κ2) is 5.04. The Hall–Kier alpha value is -1.22. The summed E-state index contributed by atoms with van der Waals surface area (Å²) in [6, 6.07) is 7.26. The topological polar surface area (TPSA) is 15.7 Å². The van der Waals surface area contributed by atoms with Crippen LogP contribution in [0, 0.1) is 0 Å². The fourth-order valence-corrected chi connectivity index (χ4v) is 3.67. The Labute approximate surface area is 116 Å². The lowest BCUT2D eigenvalue weighted by molar-refractivity contribution is 0.284. The van der Waals surface area contributed by atoms with E-state index in [1.807, 2.05) is 0 Å². The van der Waals surface area contributed by atoms with Gasteiger partial charge in [-0.3, -0.25) is 0 Å². The van der Waals surface area contributed by atoms with Crippen molar-refractivity contribution in [1.82, 2.24) is 4.90 Å². The molecule has 1 aromatic rings. The van der Waals surface area contributed by atoms with Gasteiger partial charge in [-0.25, -0.2) is 0 Å². The normalized spacial score (nSPS) is 26.8. The third-order valence-electron chi connectivity index (χ3n) is 4.81. The minimum absolute atomic E-state index is 0.653. The summed E-state index contributed by atoms with van der Waals surface area (Å²) in [5.41, 5.74) is 2.86. The second-order valence-electron chi connectivity index (χ2n) is 6.01. The molecular weight excluding hydrogens is 236 g/mol. The summed E-state index contributed by atoms with van der Waals surface area (Å²) in [5, 5.41) is 0. The SMILES string of the molecule is COc1ccc2c(c1)[C@H](C[C@H]1CCCN1C)CN2C. The Kier molecular flexibility index (Phi) is 3.40. The first-order chi connectivity index (χ1) is 9.19. The Morgan fingerprint density at radius 1 is 1.32 bits per heavy atom. The van der Waals surface area contributed by atoms with Gasteiger partial charge in [-0.15, -0.1) is 0 Å². The monoisotopic (exact) mass is 260 g/mol. The van der Waals surface area contributed by atoms with Gasteiger partial charge in [0, 0.05) is 31.2 Å². The lowest BCUT2D eigenvalue weighted by atomic mass is 9.93. The number of rotatable bonds is 3. The molecule has 0 bridgehead atoms. The van der Waals surface area contributed by atoms with Crippen molar-refractivity contribution in [1.29, 1.82) is 0 Å². The molecule has 0 saturated carbocycles. The van der Waals surface area contributed by atoms with Crippen LogP contribution < -0.4 is 9.64 Å². The highest BCUT2D eigenvalue weighted by Crippen LogP contribution is 2.41. The number of likely N-dealkylation sites (tertiary alicyclic amines) is 1. The maximum Gasteiger partial charge on any atom is 0.119 e. The molecule has 104 valence electrons. The smallest absolute Gasteiger partial charge is 0.119 e. The van der Waals surface area contributed by atoms with Crippen LogP contribution in [-0.4, -0.2) is 45.2 Å². The van der Waals surface area contributed by atoms with Crippen LogP contribution in [0.25, 0.3) is 0 Å². The molecule has 1 saturated heterocycles. The second-order valence-corrected chi connectivity index (χ2v) is 6.01. The highest BCUT2D eigenvalue weighted by molar-refractivity contribution is 5.61. The maximum absolute atomic E-state index is 5.39. The molecule has 1 aromatic carbocycles. The van der Waals surface area contributed by atoms with Gasteiger partial charge in [-0.1, -0.05) is 0 Å².